The number of rotatable bonds is 82. The maximum Gasteiger partial charge on any atom is 1.00 e. The molecule has 2 fully saturated rings. The van der Waals surface area contributed by atoms with Crippen molar-refractivity contribution in [2.75, 3.05) is 52.9 Å². The molecule has 2 heterocycles. The van der Waals surface area contributed by atoms with Gasteiger partial charge in [0.2, 0.25) is 0 Å². The molecular formula is C89H170Na2O20P2. The van der Waals surface area contributed by atoms with Crippen molar-refractivity contribution in [3.8, 4) is 0 Å². The maximum absolute atomic E-state index is 12.8. The van der Waals surface area contributed by atoms with Crippen molar-refractivity contribution in [3.05, 3.63) is 0 Å². The molecule has 2 saturated heterocycles. The molecule has 2 rings (SSSR count). The summed E-state index contributed by atoms with van der Waals surface area (Å²) in [7, 11) is -9.51. The molecule has 0 bridgehead atoms. The maximum atomic E-state index is 12.8. The van der Waals surface area contributed by atoms with Gasteiger partial charge in [0.1, 0.15) is 25.4 Å². The average Bonchev–Trinajstić information content (AvgIpc) is 1.73. The Balaban J connectivity index is 0. The number of phosphoric acid groups is 2. The molecule has 0 aliphatic carbocycles. The largest absolute Gasteiger partial charge is 1.00 e. The molecule has 5 unspecified atom stereocenters. The normalized spacial score (nSPS) is 16.8. The van der Waals surface area contributed by atoms with E-state index in [1.165, 1.54) is 276 Å². The first-order valence-electron chi connectivity index (χ1n) is 46.3. The van der Waals surface area contributed by atoms with Gasteiger partial charge in [-0.3, -0.25) is 28.3 Å². The second-order valence-corrected chi connectivity index (χ2v) is 35.3. The van der Waals surface area contributed by atoms with Crippen LogP contribution < -0.4 is 68.9 Å². The standard InChI is InChI=1S/C52H101O10P.C37H71O10P.2Na/c1-4-7-10-13-16-19-22-23-24-25-28-31-34-37-40-43-52-58-45-49(62-52)47-60-63(55,56)59-46-48(61-51(54)42-39-36-33-30-27-21-18-15-12-9-6-3)44-57-50(53)41-38-35-32-29-26-20-17-14-11-8-5-2;1-5-7-9-11-13-15-17-19-21-23-25-27-35(38)42-29-33(31-44-48(40,41)45-32-34-30-43-37(3,4)47-34)46-36(39)28-26-24-22-20-18-16-14-12-10-8-6-2;;/h48-49,52H,4-47H2,1-3H3,(H,55,56);33-34H,5-32H2,1-4H3,(H,40,41);;/q;;2*+1/p-2/t48-,49?,52?;33-,34?;;/m11../s1. The van der Waals surface area contributed by atoms with Gasteiger partial charge in [-0.1, -0.05) is 381 Å². The first kappa shape index (κ1) is 115. The van der Waals surface area contributed by atoms with Crippen LogP contribution in [0.5, 0.6) is 0 Å². The van der Waals surface area contributed by atoms with Crippen molar-refractivity contribution < 1.29 is 153 Å². The number of hydrogen-bond acceptors (Lipinski definition) is 20. The summed E-state index contributed by atoms with van der Waals surface area (Å²) in [6.45, 7) is 13.0. The van der Waals surface area contributed by atoms with Crippen LogP contribution in [0.2, 0.25) is 0 Å². The zero-order chi connectivity index (χ0) is 81.1. The van der Waals surface area contributed by atoms with Crippen molar-refractivity contribution in [3.63, 3.8) is 0 Å². The molecular weight excluding hydrogens is 1500 g/mol. The van der Waals surface area contributed by atoms with Crippen LogP contribution in [-0.2, 0) is 84.3 Å². The SMILES string of the molecule is CCCCCCCCCCCCCC(=O)OC[C@H](COP(=O)([O-])OCC1COC(C)(C)O1)OC(=O)CCCCCCCCCCCCC.CCCCCCCCCCCCCCCCCC1OCC(COP(=O)([O-])OC[C@@H](COC(=O)CCCCCCCCCCCCC)OC(=O)CCCCCCCCCCCCC)O1.[Na+].[Na+]. The predicted octanol–water partition coefficient (Wildman–Crippen LogP) is 18.9. The average molecular weight is 1670 g/mol. The van der Waals surface area contributed by atoms with Gasteiger partial charge in [-0.05, 0) is 52.4 Å². The van der Waals surface area contributed by atoms with E-state index in [0.717, 1.165) is 96.3 Å². The fraction of sp³-hybridized carbons (Fsp3) is 0.955. The van der Waals surface area contributed by atoms with E-state index in [1.807, 2.05) is 0 Å². The van der Waals surface area contributed by atoms with Gasteiger partial charge in [0.05, 0.1) is 39.6 Å². The third-order valence-electron chi connectivity index (χ3n) is 21.0. The van der Waals surface area contributed by atoms with Crippen LogP contribution in [0.4, 0.5) is 0 Å². The molecule has 0 aromatic heterocycles. The Hall–Kier alpha value is -0.0600. The van der Waals surface area contributed by atoms with Crippen molar-refractivity contribution in [1.29, 1.82) is 0 Å². The summed E-state index contributed by atoms with van der Waals surface area (Å²) in [5.74, 6) is -2.54. The van der Waals surface area contributed by atoms with Gasteiger partial charge in [-0.25, -0.2) is 0 Å². The van der Waals surface area contributed by atoms with Gasteiger partial charge < -0.3 is 65.8 Å². The van der Waals surface area contributed by atoms with Gasteiger partial charge in [-0.2, -0.15) is 0 Å². The monoisotopic (exact) mass is 1670 g/mol. The van der Waals surface area contributed by atoms with E-state index in [-0.39, 0.29) is 131 Å². The summed E-state index contributed by atoms with van der Waals surface area (Å²) in [5, 5.41) is 0. The molecule has 24 heteroatoms. The molecule has 2 aliphatic heterocycles. The van der Waals surface area contributed by atoms with E-state index in [1.54, 1.807) is 13.8 Å². The third kappa shape index (κ3) is 78.9. The fourth-order valence-corrected chi connectivity index (χ4v) is 15.6. The second kappa shape index (κ2) is 82.9. The van der Waals surface area contributed by atoms with E-state index in [4.69, 9.17) is 56.0 Å². The van der Waals surface area contributed by atoms with Crippen molar-refractivity contribution in [2.45, 2.75) is 496 Å². The number of ether oxygens (including phenoxy) is 8. The molecule has 0 spiro atoms. The Labute approximate surface area is 735 Å². The summed E-state index contributed by atoms with van der Waals surface area (Å²) in [4.78, 5) is 75.6. The van der Waals surface area contributed by atoms with Crippen molar-refractivity contribution in [1.82, 2.24) is 0 Å². The number of esters is 4. The first-order valence-corrected chi connectivity index (χ1v) is 49.3. The Bertz CT molecular complexity index is 2220. The second-order valence-electron chi connectivity index (χ2n) is 32.5. The minimum absolute atomic E-state index is 0. The number of phosphoric ester groups is 2. The fourth-order valence-electron chi connectivity index (χ4n) is 14.0. The van der Waals surface area contributed by atoms with E-state index in [2.05, 4.69) is 34.6 Å². The van der Waals surface area contributed by atoms with E-state index < -0.39 is 82.9 Å². The van der Waals surface area contributed by atoms with Crippen LogP contribution in [0, 0.1) is 0 Å². The Kier molecular flexibility index (Phi) is 84.3. The summed E-state index contributed by atoms with van der Waals surface area (Å²) in [5.41, 5.74) is 0. The smallest absolute Gasteiger partial charge is 0.756 e. The zero-order valence-corrected chi connectivity index (χ0v) is 80.1. The van der Waals surface area contributed by atoms with Crippen LogP contribution in [0.15, 0.2) is 0 Å². The van der Waals surface area contributed by atoms with Crippen LogP contribution >= 0.6 is 15.6 Å². The number of unbranched alkanes of at least 4 members (excludes halogenated alkanes) is 54. The van der Waals surface area contributed by atoms with Crippen LogP contribution in [0.25, 0.3) is 0 Å². The zero-order valence-electron chi connectivity index (χ0n) is 74.4. The molecule has 20 nitrogen and oxygen atoms in total. The van der Waals surface area contributed by atoms with Gasteiger partial charge in [0, 0.05) is 25.7 Å². The summed E-state index contributed by atoms with van der Waals surface area (Å²) in [6.07, 6.45) is 69.5. The Morgan fingerprint density at radius 2 is 0.584 bits per heavy atom. The third-order valence-corrected chi connectivity index (χ3v) is 22.9. The number of carbonyl (C=O) groups is 4. The van der Waals surface area contributed by atoms with E-state index in [0.29, 0.717) is 12.8 Å². The van der Waals surface area contributed by atoms with Crippen molar-refractivity contribution in [2.24, 2.45) is 0 Å². The predicted molar refractivity (Wildman–Crippen MR) is 444 cm³/mol. The quantitative estimate of drug-likeness (QED) is 0.0180. The van der Waals surface area contributed by atoms with Crippen LogP contribution in [-0.4, -0.2) is 113 Å². The summed E-state index contributed by atoms with van der Waals surface area (Å²) >= 11 is 0. The van der Waals surface area contributed by atoms with Gasteiger partial charge in [-0.15, -0.1) is 0 Å². The number of carbonyl (C=O) groups excluding carboxylic acids is 4. The molecule has 2 aliphatic rings. The topological polar surface area (TPSA) is 259 Å². The summed E-state index contributed by atoms with van der Waals surface area (Å²) in [6, 6.07) is 0. The number of hydrogen-bond donors (Lipinski definition) is 0. The van der Waals surface area contributed by atoms with E-state index in [9.17, 15) is 38.1 Å². The van der Waals surface area contributed by atoms with Gasteiger partial charge >= 0.3 is 83.0 Å². The van der Waals surface area contributed by atoms with Gasteiger partial charge in [0.15, 0.2) is 24.3 Å². The van der Waals surface area contributed by atoms with Crippen molar-refractivity contribution >= 4 is 39.5 Å². The molecule has 0 aromatic carbocycles. The molecule has 0 saturated carbocycles. The molecule has 0 aromatic rings. The van der Waals surface area contributed by atoms with E-state index >= 15 is 0 Å². The molecule has 7 atom stereocenters. The molecule has 0 N–H and O–H groups in total. The molecule has 658 valence electrons. The first-order chi connectivity index (χ1) is 53.9. The van der Waals surface area contributed by atoms with Crippen LogP contribution in [0.3, 0.4) is 0 Å². The Morgan fingerprint density at radius 1 is 0.336 bits per heavy atom. The minimum atomic E-state index is -4.77. The molecule has 0 amide bonds. The van der Waals surface area contributed by atoms with Gasteiger partial charge in [0.25, 0.3) is 15.6 Å². The minimum Gasteiger partial charge on any atom is -0.756 e. The Morgan fingerprint density at radius 3 is 0.850 bits per heavy atom. The summed E-state index contributed by atoms with van der Waals surface area (Å²) < 4.78 is 90.1. The van der Waals surface area contributed by atoms with Crippen LogP contribution in [0.1, 0.15) is 459 Å². The molecule has 0 radical (unpaired) electrons. The molecule has 113 heavy (non-hydrogen) atoms.